The summed E-state index contributed by atoms with van der Waals surface area (Å²) in [6, 6.07) is 13.8. The van der Waals surface area contributed by atoms with Gasteiger partial charge < -0.3 is 15.5 Å². The van der Waals surface area contributed by atoms with Crippen LogP contribution in [0, 0.1) is 6.92 Å². The molecular formula is C17H19NO2. The predicted molar refractivity (Wildman–Crippen MR) is 79.3 cm³/mol. The third-order valence-electron chi connectivity index (χ3n) is 4.15. The van der Waals surface area contributed by atoms with Crippen molar-refractivity contribution in [3.8, 4) is 11.5 Å². The van der Waals surface area contributed by atoms with Crippen molar-refractivity contribution in [2.24, 2.45) is 0 Å². The van der Waals surface area contributed by atoms with Crippen LogP contribution in [0.3, 0.4) is 0 Å². The first kappa shape index (κ1) is 13.0. The zero-order chi connectivity index (χ0) is 14.1. The number of aromatic hydroxyl groups is 2. The van der Waals surface area contributed by atoms with Gasteiger partial charge in [-0.15, -0.1) is 0 Å². The van der Waals surface area contributed by atoms with E-state index in [1.165, 1.54) is 11.1 Å². The van der Waals surface area contributed by atoms with Gasteiger partial charge in [0.25, 0.3) is 0 Å². The number of rotatable bonds is 2. The van der Waals surface area contributed by atoms with Gasteiger partial charge in [0.2, 0.25) is 0 Å². The van der Waals surface area contributed by atoms with Gasteiger partial charge in [0.1, 0.15) is 0 Å². The Morgan fingerprint density at radius 2 is 1.45 bits per heavy atom. The first-order chi connectivity index (χ1) is 9.65. The smallest absolute Gasteiger partial charge is 0.157 e. The van der Waals surface area contributed by atoms with E-state index in [-0.39, 0.29) is 11.5 Å². The molecule has 0 aliphatic carbocycles. The SMILES string of the molecule is Cc1ccc(C2CNCC2c2ccc(O)c(O)c2)cc1. The molecule has 2 unspecified atom stereocenters. The van der Waals surface area contributed by atoms with Gasteiger partial charge in [-0.2, -0.15) is 0 Å². The van der Waals surface area contributed by atoms with Crippen LogP contribution in [0.1, 0.15) is 28.5 Å². The number of nitrogens with one attached hydrogen (secondary N) is 1. The Bertz CT molecular complexity index is 607. The van der Waals surface area contributed by atoms with Crippen molar-refractivity contribution in [3.63, 3.8) is 0 Å². The van der Waals surface area contributed by atoms with Crippen LogP contribution in [0.2, 0.25) is 0 Å². The average Bonchev–Trinajstić information content (AvgIpc) is 2.92. The molecule has 2 atom stereocenters. The number of hydrogen-bond donors (Lipinski definition) is 3. The van der Waals surface area contributed by atoms with Crippen LogP contribution in [0.15, 0.2) is 42.5 Å². The molecular weight excluding hydrogens is 250 g/mol. The minimum absolute atomic E-state index is 0.0444. The molecule has 1 saturated heterocycles. The molecule has 0 amide bonds. The van der Waals surface area contributed by atoms with E-state index in [4.69, 9.17) is 0 Å². The van der Waals surface area contributed by atoms with E-state index >= 15 is 0 Å². The summed E-state index contributed by atoms with van der Waals surface area (Å²) in [5, 5.41) is 22.5. The van der Waals surface area contributed by atoms with Crippen molar-refractivity contribution in [1.29, 1.82) is 0 Å². The van der Waals surface area contributed by atoms with Gasteiger partial charge in [-0.1, -0.05) is 35.9 Å². The maximum Gasteiger partial charge on any atom is 0.157 e. The van der Waals surface area contributed by atoms with Crippen LogP contribution >= 0.6 is 0 Å². The van der Waals surface area contributed by atoms with Crippen molar-refractivity contribution in [1.82, 2.24) is 5.32 Å². The lowest BCUT2D eigenvalue weighted by Crippen LogP contribution is -2.09. The van der Waals surface area contributed by atoms with Gasteiger partial charge in [-0.05, 0) is 30.2 Å². The molecule has 1 fully saturated rings. The molecule has 3 heteroatoms. The molecule has 3 rings (SSSR count). The van der Waals surface area contributed by atoms with Gasteiger partial charge in [0.05, 0.1) is 0 Å². The Labute approximate surface area is 118 Å². The molecule has 0 radical (unpaired) electrons. The second kappa shape index (κ2) is 5.17. The second-order valence-electron chi connectivity index (χ2n) is 5.53. The lowest BCUT2D eigenvalue weighted by molar-refractivity contribution is 0.402. The Morgan fingerprint density at radius 3 is 2.10 bits per heavy atom. The number of aryl methyl sites for hydroxylation is 1. The summed E-state index contributed by atoms with van der Waals surface area (Å²) < 4.78 is 0. The van der Waals surface area contributed by atoms with Crippen LogP contribution in [0.5, 0.6) is 11.5 Å². The van der Waals surface area contributed by atoms with Crippen LogP contribution in [-0.2, 0) is 0 Å². The minimum atomic E-state index is -0.0633. The van der Waals surface area contributed by atoms with E-state index in [0.29, 0.717) is 11.8 Å². The molecule has 0 bridgehead atoms. The van der Waals surface area contributed by atoms with Gasteiger partial charge in [0, 0.05) is 24.9 Å². The van der Waals surface area contributed by atoms with Crippen LogP contribution < -0.4 is 5.32 Å². The molecule has 20 heavy (non-hydrogen) atoms. The summed E-state index contributed by atoms with van der Waals surface area (Å²) in [4.78, 5) is 0. The molecule has 3 N–H and O–H groups in total. The van der Waals surface area contributed by atoms with E-state index in [2.05, 4.69) is 36.5 Å². The Morgan fingerprint density at radius 1 is 0.850 bits per heavy atom. The van der Waals surface area contributed by atoms with Crippen molar-refractivity contribution in [3.05, 3.63) is 59.2 Å². The van der Waals surface area contributed by atoms with Gasteiger partial charge in [-0.3, -0.25) is 0 Å². The molecule has 0 spiro atoms. The topological polar surface area (TPSA) is 52.5 Å². The molecule has 104 valence electrons. The summed E-state index contributed by atoms with van der Waals surface area (Å²) in [6.07, 6.45) is 0. The van der Waals surface area contributed by atoms with Crippen molar-refractivity contribution in [2.45, 2.75) is 18.8 Å². The highest BCUT2D eigenvalue weighted by Crippen LogP contribution is 2.38. The van der Waals surface area contributed by atoms with Crippen molar-refractivity contribution < 1.29 is 10.2 Å². The molecule has 2 aromatic carbocycles. The maximum atomic E-state index is 9.68. The van der Waals surface area contributed by atoms with Gasteiger partial charge >= 0.3 is 0 Å². The fraction of sp³-hybridized carbons (Fsp3) is 0.294. The number of benzene rings is 2. The standard InChI is InChI=1S/C17H19NO2/c1-11-2-4-12(5-3-11)14-9-18-10-15(14)13-6-7-16(19)17(20)8-13/h2-8,14-15,18-20H,9-10H2,1H3. The Hall–Kier alpha value is -2.00. The van der Waals surface area contributed by atoms with E-state index in [1.807, 2.05) is 6.07 Å². The zero-order valence-corrected chi connectivity index (χ0v) is 11.5. The number of phenolic OH excluding ortho intramolecular Hbond substituents is 2. The molecule has 1 aliphatic heterocycles. The summed E-state index contributed by atoms with van der Waals surface area (Å²) >= 11 is 0. The second-order valence-corrected chi connectivity index (χ2v) is 5.53. The summed E-state index contributed by atoms with van der Waals surface area (Å²) in [5.74, 6) is 0.618. The highest BCUT2D eigenvalue weighted by molar-refractivity contribution is 5.43. The highest BCUT2D eigenvalue weighted by Gasteiger charge is 2.30. The minimum Gasteiger partial charge on any atom is -0.504 e. The van der Waals surface area contributed by atoms with Crippen molar-refractivity contribution in [2.75, 3.05) is 13.1 Å². The summed E-state index contributed by atoms with van der Waals surface area (Å²) in [5.41, 5.74) is 3.65. The van der Waals surface area contributed by atoms with Crippen LogP contribution in [-0.4, -0.2) is 23.3 Å². The number of phenols is 2. The Balaban J connectivity index is 1.92. The molecule has 1 aliphatic rings. The average molecular weight is 269 g/mol. The molecule has 1 heterocycles. The van der Waals surface area contributed by atoms with E-state index in [0.717, 1.165) is 18.7 Å². The lowest BCUT2D eigenvalue weighted by atomic mass is 9.84. The molecule has 0 saturated carbocycles. The predicted octanol–water partition coefficient (Wildman–Crippen LogP) is 2.88. The van der Waals surface area contributed by atoms with Gasteiger partial charge in [0.15, 0.2) is 11.5 Å². The fourth-order valence-corrected chi connectivity index (χ4v) is 2.96. The van der Waals surface area contributed by atoms with E-state index in [9.17, 15) is 10.2 Å². The summed E-state index contributed by atoms with van der Waals surface area (Å²) in [7, 11) is 0. The zero-order valence-electron chi connectivity index (χ0n) is 11.5. The quantitative estimate of drug-likeness (QED) is 0.735. The molecule has 3 nitrogen and oxygen atoms in total. The van der Waals surface area contributed by atoms with E-state index < -0.39 is 0 Å². The Kier molecular flexibility index (Phi) is 3.36. The van der Waals surface area contributed by atoms with E-state index in [1.54, 1.807) is 12.1 Å². The lowest BCUT2D eigenvalue weighted by Gasteiger charge is -2.20. The largest absolute Gasteiger partial charge is 0.504 e. The van der Waals surface area contributed by atoms with Crippen LogP contribution in [0.4, 0.5) is 0 Å². The molecule has 2 aromatic rings. The third kappa shape index (κ3) is 2.37. The molecule has 0 aromatic heterocycles. The highest BCUT2D eigenvalue weighted by atomic mass is 16.3. The van der Waals surface area contributed by atoms with Crippen molar-refractivity contribution >= 4 is 0 Å². The third-order valence-corrected chi connectivity index (χ3v) is 4.15. The maximum absolute atomic E-state index is 9.68. The normalized spacial score (nSPS) is 22.1. The monoisotopic (exact) mass is 269 g/mol. The summed E-state index contributed by atoms with van der Waals surface area (Å²) in [6.45, 7) is 3.92. The fourth-order valence-electron chi connectivity index (χ4n) is 2.96. The van der Waals surface area contributed by atoms with Crippen LogP contribution in [0.25, 0.3) is 0 Å². The van der Waals surface area contributed by atoms with Gasteiger partial charge in [-0.25, -0.2) is 0 Å². The first-order valence-electron chi connectivity index (χ1n) is 6.94. The first-order valence-corrected chi connectivity index (χ1v) is 6.94. The number of hydrogen-bond acceptors (Lipinski definition) is 3.